The number of hydrogen-bond acceptors (Lipinski definition) is 2. The topological polar surface area (TPSA) is 32.3 Å². The van der Waals surface area contributed by atoms with Gasteiger partial charge in [0.2, 0.25) is 0 Å². The third-order valence-corrected chi connectivity index (χ3v) is 3.48. The molecule has 0 bridgehead atoms. The fourth-order valence-electron chi connectivity index (χ4n) is 1.95. The molecule has 6 heteroatoms. The Hall–Kier alpha value is -1.69. The molecule has 2 nitrogen and oxygen atoms in total. The first kappa shape index (κ1) is 15.7. The maximum absolute atomic E-state index is 13.0. The fraction of sp³-hybridized carbons (Fsp3) is 0.200. The monoisotopic (exact) mass is 359 g/mol. The number of halogens is 4. The van der Waals surface area contributed by atoms with Gasteiger partial charge in [0.1, 0.15) is 5.75 Å². The first-order chi connectivity index (χ1) is 9.77. The van der Waals surface area contributed by atoms with Crippen LogP contribution in [-0.4, -0.2) is 5.11 Å². The Morgan fingerprint density at radius 1 is 1.14 bits per heavy atom. The molecule has 0 amide bonds. The van der Waals surface area contributed by atoms with Gasteiger partial charge in [-0.3, -0.25) is 0 Å². The molecule has 2 aromatic rings. The van der Waals surface area contributed by atoms with Crippen LogP contribution in [0, 0.1) is 6.92 Å². The molecule has 0 fully saturated rings. The average Bonchev–Trinajstić information content (AvgIpc) is 2.40. The Labute approximate surface area is 128 Å². The molecule has 0 aromatic heterocycles. The van der Waals surface area contributed by atoms with Crippen LogP contribution in [0.1, 0.15) is 16.7 Å². The fourth-order valence-corrected chi connectivity index (χ4v) is 2.31. The van der Waals surface area contributed by atoms with Gasteiger partial charge in [-0.2, -0.15) is 13.2 Å². The van der Waals surface area contributed by atoms with Crippen molar-refractivity contribution in [2.75, 3.05) is 5.32 Å². The lowest BCUT2D eigenvalue weighted by Gasteiger charge is -2.15. The van der Waals surface area contributed by atoms with Gasteiger partial charge in [0, 0.05) is 22.3 Å². The van der Waals surface area contributed by atoms with E-state index in [0.717, 1.165) is 11.6 Å². The maximum Gasteiger partial charge on any atom is 0.418 e. The van der Waals surface area contributed by atoms with Crippen LogP contribution in [0.25, 0.3) is 0 Å². The number of anilines is 1. The van der Waals surface area contributed by atoms with Gasteiger partial charge in [-0.25, -0.2) is 0 Å². The highest BCUT2D eigenvalue weighted by Crippen LogP contribution is 2.37. The summed E-state index contributed by atoms with van der Waals surface area (Å²) in [7, 11) is 0. The molecular weight excluding hydrogens is 347 g/mol. The molecular formula is C15H13BrF3NO. The predicted molar refractivity (Wildman–Crippen MR) is 79.3 cm³/mol. The number of phenols is 1. The van der Waals surface area contributed by atoms with Crippen LogP contribution < -0.4 is 5.32 Å². The molecule has 0 atom stereocenters. The quantitative estimate of drug-likeness (QED) is 0.799. The summed E-state index contributed by atoms with van der Waals surface area (Å²) in [5, 5.41) is 12.4. The lowest BCUT2D eigenvalue weighted by atomic mass is 10.1. The molecule has 2 rings (SSSR count). The zero-order chi connectivity index (χ0) is 15.6. The van der Waals surface area contributed by atoms with Crippen molar-refractivity contribution in [1.82, 2.24) is 0 Å². The van der Waals surface area contributed by atoms with Gasteiger partial charge >= 0.3 is 6.18 Å². The van der Waals surface area contributed by atoms with Gasteiger partial charge < -0.3 is 10.4 Å². The third kappa shape index (κ3) is 3.91. The highest BCUT2D eigenvalue weighted by molar-refractivity contribution is 9.10. The lowest BCUT2D eigenvalue weighted by Crippen LogP contribution is -2.11. The summed E-state index contributed by atoms with van der Waals surface area (Å²) in [5.74, 6) is 0.0544. The lowest BCUT2D eigenvalue weighted by molar-refractivity contribution is -0.137. The van der Waals surface area contributed by atoms with Crippen molar-refractivity contribution < 1.29 is 18.3 Å². The largest absolute Gasteiger partial charge is 0.508 e. The summed E-state index contributed by atoms with van der Waals surface area (Å²) in [5.41, 5.74) is 0.707. The number of phenolic OH excluding ortho intramolecular Hbond substituents is 1. The molecule has 0 saturated carbocycles. The SMILES string of the molecule is Cc1ccc(O)c(CNc2ccc(Br)cc2C(F)(F)F)c1. The summed E-state index contributed by atoms with van der Waals surface area (Å²) in [6, 6.07) is 8.92. The van der Waals surface area contributed by atoms with Crippen molar-refractivity contribution >= 4 is 21.6 Å². The number of rotatable bonds is 3. The molecule has 0 heterocycles. The molecule has 0 saturated heterocycles. The van der Waals surface area contributed by atoms with E-state index in [0.29, 0.717) is 10.0 Å². The van der Waals surface area contributed by atoms with E-state index in [1.807, 2.05) is 6.92 Å². The zero-order valence-electron chi connectivity index (χ0n) is 11.1. The van der Waals surface area contributed by atoms with Gasteiger partial charge in [-0.15, -0.1) is 0 Å². The first-order valence-electron chi connectivity index (χ1n) is 6.16. The molecule has 0 aliphatic rings. The van der Waals surface area contributed by atoms with Gasteiger partial charge in [0.25, 0.3) is 0 Å². The number of alkyl halides is 3. The molecule has 0 spiro atoms. The number of aromatic hydroxyl groups is 1. The first-order valence-corrected chi connectivity index (χ1v) is 6.96. The summed E-state index contributed by atoms with van der Waals surface area (Å²) in [6.07, 6.45) is -4.44. The zero-order valence-corrected chi connectivity index (χ0v) is 12.7. The number of benzene rings is 2. The summed E-state index contributed by atoms with van der Waals surface area (Å²) >= 11 is 3.04. The molecule has 2 N–H and O–H groups in total. The Morgan fingerprint density at radius 3 is 2.52 bits per heavy atom. The van der Waals surface area contributed by atoms with Gasteiger partial charge in [-0.1, -0.05) is 33.6 Å². The van der Waals surface area contributed by atoms with Gasteiger partial charge in [0.05, 0.1) is 5.56 Å². The number of aryl methyl sites for hydroxylation is 1. The van der Waals surface area contributed by atoms with E-state index in [9.17, 15) is 18.3 Å². The Morgan fingerprint density at radius 2 is 1.86 bits per heavy atom. The second-order valence-electron chi connectivity index (χ2n) is 4.67. The molecule has 2 aromatic carbocycles. The maximum atomic E-state index is 13.0. The van der Waals surface area contributed by atoms with Crippen LogP contribution in [-0.2, 0) is 12.7 Å². The van der Waals surface area contributed by atoms with Crippen LogP contribution in [0.15, 0.2) is 40.9 Å². The summed E-state index contributed by atoms with van der Waals surface area (Å²) in [6.45, 7) is 1.96. The summed E-state index contributed by atoms with van der Waals surface area (Å²) < 4.78 is 39.3. The van der Waals surface area contributed by atoms with Gasteiger partial charge in [0.15, 0.2) is 0 Å². The minimum atomic E-state index is -4.44. The highest BCUT2D eigenvalue weighted by Gasteiger charge is 2.33. The molecule has 21 heavy (non-hydrogen) atoms. The van der Waals surface area contributed by atoms with Crippen molar-refractivity contribution in [2.24, 2.45) is 0 Å². The van der Waals surface area contributed by atoms with E-state index in [2.05, 4.69) is 21.2 Å². The Bertz CT molecular complexity index is 656. The van der Waals surface area contributed by atoms with E-state index in [4.69, 9.17) is 0 Å². The Balaban J connectivity index is 2.26. The van der Waals surface area contributed by atoms with Gasteiger partial charge in [-0.05, 0) is 31.2 Å². The second kappa shape index (κ2) is 5.97. The van der Waals surface area contributed by atoms with Crippen LogP contribution in [0.3, 0.4) is 0 Å². The van der Waals surface area contributed by atoms with E-state index < -0.39 is 11.7 Å². The second-order valence-corrected chi connectivity index (χ2v) is 5.59. The molecule has 112 valence electrons. The van der Waals surface area contributed by atoms with Crippen molar-refractivity contribution in [3.8, 4) is 5.75 Å². The van der Waals surface area contributed by atoms with Crippen molar-refractivity contribution in [3.05, 3.63) is 57.6 Å². The van der Waals surface area contributed by atoms with E-state index in [1.165, 1.54) is 18.2 Å². The van der Waals surface area contributed by atoms with E-state index in [1.54, 1.807) is 12.1 Å². The molecule has 0 unspecified atom stereocenters. The van der Waals surface area contributed by atoms with Crippen molar-refractivity contribution in [2.45, 2.75) is 19.6 Å². The third-order valence-electron chi connectivity index (χ3n) is 2.99. The Kier molecular flexibility index (Phi) is 4.46. The molecule has 0 radical (unpaired) electrons. The van der Waals surface area contributed by atoms with Crippen LogP contribution in [0.2, 0.25) is 0 Å². The average molecular weight is 360 g/mol. The highest BCUT2D eigenvalue weighted by atomic mass is 79.9. The van der Waals surface area contributed by atoms with Crippen molar-refractivity contribution in [3.63, 3.8) is 0 Å². The van der Waals surface area contributed by atoms with E-state index in [-0.39, 0.29) is 18.0 Å². The molecule has 0 aliphatic carbocycles. The van der Waals surface area contributed by atoms with E-state index >= 15 is 0 Å². The number of hydrogen-bond donors (Lipinski definition) is 2. The summed E-state index contributed by atoms with van der Waals surface area (Å²) in [4.78, 5) is 0. The van der Waals surface area contributed by atoms with Crippen LogP contribution in [0.5, 0.6) is 5.75 Å². The van der Waals surface area contributed by atoms with Crippen LogP contribution in [0.4, 0.5) is 18.9 Å². The van der Waals surface area contributed by atoms with Crippen molar-refractivity contribution in [1.29, 1.82) is 0 Å². The molecule has 0 aliphatic heterocycles. The normalized spacial score (nSPS) is 11.5. The minimum Gasteiger partial charge on any atom is -0.508 e. The minimum absolute atomic E-state index is 0.0217. The van der Waals surface area contributed by atoms with Crippen LogP contribution >= 0.6 is 15.9 Å². The predicted octanol–water partition coefficient (Wildman–Crippen LogP) is 5.09. The number of nitrogens with one attached hydrogen (secondary N) is 1. The smallest absolute Gasteiger partial charge is 0.418 e. The standard InChI is InChI=1S/C15H13BrF3NO/c1-9-2-5-14(21)10(6-9)8-20-13-4-3-11(16)7-12(13)15(17,18)19/h2-7,20-21H,8H2,1H3.